The molecule has 4 heteroatoms. The molecule has 0 bridgehead atoms. The van der Waals surface area contributed by atoms with E-state index in [0.29, 0.717) is 5.46 Å². The van der Waals surface area contributed by atoms with Gasteiger partial charge in [0, 0.05) is 0 Å². The van der Waals surface area contributed by atoms with Crippen LogP contribution in [0.1, 0.15) is 0 Å². The fourth-order valence-corrected chi connectivity index (χ4v) is 1.63. The molecule has 0 aromatic heterocycles. The van der Waals surface area contributed by atoms with Gasteiger partial charge in [0.25, 0.3) is 0 Å². The number of rotatable bonds is 2. The molecule has 3 N–H and O–H groups in total. The lowest BCUT2D eigenvalue weighted by Gasteiger charge is -2.08. The van der Waals surface area contributed by atoms with Gasteiger partial charge in [-0.3, -0.25) is 0 Å². The molecule has 0 spiro atoms. The monoisotopic (exact) mass is 214 g/mol. The Morgan fingerprint density at radius 2 is 1.44 bits per heavy atom. The van der Waals surface area contributed by atoms with E-state index in [2.05, 4.69) is 0 Å². The normalized spacial score (nSPS) is 10.1. The van der Waals surface area contributed by atoms with Crippen molar-refractivity contribution in [1.29, 1.82) is 0 Å². The van der Waals surface area contributed by atoms with Gasteiger partial charge in [0.1, 0.15) is 5.75 Å². The zero-order chi connectivity index (χ0) is 11.5. The van der Waals surface area contributed by atoms with E-state index in [1.807, 2.05) is 6.07 Å². The van der Waals surface area contributed by atoms with Crippen LogP contribution in [0.5, 0.6) is 5.75 Å². The van der Waals surface area contributed by atoms with Crippen LogP contribution >= 0.6 is 0 Å². The fraction of sp³-hybridized carbons (Fsp3) is 0. The summed E-state index contributed by atoms with van der Waals surface area (Å²) >= 11 is 0. The molecule has 0 unspecified atom stereocenters. The molecule has 0 saturated carbocycles. The summed E-state index contributed by atoms with van der Waals surface area (Å²) in [5.74, 6) is 0.186. The first kappa shape index (κ1) is 10.7. The third kappa shape index (κ3) is 2.08. The maximum absolute atomic E-state index is 9.23. The predicted molar refractivity (Wildman–Crippen MR) is 63.4 cm³/mol. The molecule has 0 saturated heterocycles. The van der Waals surface area contributed by atoms with Crippen molar-refractivity contribution in [2.75, 3.05) is 0 Å². The lowest BCUT2D eigenvalue weighted by molar-refractivity contribution is 0.426. The van der Waals surface area contributed by atoms with Crippen LogP contribution in [-0.4, -0.2) is 22.3 Å². The molecule has 0 amide bonds. The molecule has 3 nitrogen and oxygen atoms in total. The second-order valence-electron chi connectivity index (χ2n) is 3.51. The van der Waals surface area contributed by atoms with E-state index in [-0.39, 0.29) is 5.75 Å². The summed E-state index contributed by atoms with van der Waals surface area (Å²) in [5.41, 5.74) is 2.03. The van der Waals surface area contributed by atoms with Crippen LogP contribution in [0.4, 0.5) is 0 Å². The summed E-state index contributed by atoms with van der Waals surface area (Å²) in [6.07, 6.45) is 0. The molecule has 80 valence electrons. The Labute approximate surface area is 93.8 Å². The van der Waals surface area contributed by atoms with Gasteiger partial charge in [-0.05, 0) is 28.7 Å². The van der Waals surface area contributed by atoms with Crippen molar-refractivity contribution < 1.29 is 15.2 Å². The van der Waals surface area contributed by atoms with Gasteiger partial charge in [-0.25, -0.2) is 0 Å². The zero-order valence-corrected chi connectivity index (χ0v) is 8.54. The standard InChI is InChI=1S/C12H11BO3/c14-10-7-5-9(6-8-10)11-3-1-2-4-12(11)13(15)16/h1-8,14-16H. The molecule has 0 heterocycles. The molecule has 0 fully saturated rings. The Morgan fingerprint density at radius 3 is 2.06 bits per heavy atom. The number of hydrogen-bond acceptors (Lipinski definition) is 3. The van der Waals surface area contributed by atoms with E-state index >= 15 is 0 Å². The molecular formula is C12H11BO3. The lowest BCUT2D eigenvalue weighted by Crippen LogP contribution is -2.31. The zero-order valence-electron chi connectivity index (χ0n) is 8.54. The van der Waals surface area contributed by atoms with Crippen LogP contribution in [0.2, 0.25) is 0 Å². The van der Waals surface area contributed by atoms with Crippen molar-refractivity contribution in [3.63, 3.8) is 0 Å². The number of benzene rings is 2. The van der Waals surface area contributed by atoms with Crippen molar-refractivity contribution in [3.05, 3.63) is 48.5 Å². The molecular weight excluding hydrogens is 203 g/mol. The molecule has 2 aromatic carbocycles. The second-order valence-corrected chi connectivity index (χ2v) is 3.51. The van der Waals surface area contributed by atoms with Gasteiger partial charge in [0.05, 0.1) is 0 Å². The van der Waals surface area contributed by atoms with E-state index in [9.17, 15) is 15.2 Å². The number of phenols is 1. The van der Waals surface area contributed by atoms with E-state index < -0.39 is 7.12 Å². The van der Waals surface area contributed by atoms with Gasteiger partial charge in [-0.2, -0.15) is 0 Å². The first-order valence-corrected chi connectivity index (χ1v) is 4.93. The molecule has 0 radical (unpaired) electrons. The van der Waals surface area contributed by atoms with Gasteiger partial charge >= 0.3 is 7.12 Å². The van der Waals surface area contributed by atoms with Crippen molar-refractivity contribution in [3.8, 4) is 16.9 Å². The van der Waals surface area contributed by atoms with Gasteiger partial charge < -0.3 is 15.2 Å². The Bertz CT molecular complexity index is 480. The summed E-state index contributed by atoms with van der Waals surface area (Å²) in [5, 5.41) is 27.6. The van der Waals surface area contributed by atoms with Crippen LogP contribution < -0.4 is 5.46 Å². The summed E-state index contributed by atoms with van der Waals surface area (Å²) < 4.78 is 0. The highest BCUT2D eigenvalue weighted by Crippen LogP contribution is 2.20. The third-order valence-electron chi connectivity index (χ3n) is 2.42. The number of aromatic hydroxyl groups is 1. The van der Waals surface area contributed by atoms with Crippen molar-refractivity contribution >= 4 is 12.6 Å². The van der Waals surface area contributed by atoms with Crippen molar-refractivity contribution in [1.82, 2.24) is 0 Å². The van der Waals surface area contributed by atoms with E-state index in [1.165, 1.54) is 0 Å². The molecule has 16 heavy (non-hydrogen) atoms. The minimum absolute atomic E-state index is 0.186. The largest absolute Gasteiger partial charge is 0.508 e. The molecule has 0 atom stereocenters. The number of hydrogen-bond donors (Lipinski definition) is 3. The summed E-state index contributed by atoms with van der Waals surface area (Å²) in [6.45, 7) is 0. The lowest BCUT2D eigenvalue weighted by atomic mass is 9.75. The number of phenolic OH excluding ortho intramolecular Hbond substituents is 1. The quantitative estimate of drug-likeness (QED) is 0.646. The molecule has 0 aliphatic rings. The van der Waals surface area contributed by atoms with E-state index in [1.54, 1.807) is 42.5 Å². The van der Waals surface area contributed by atoms with E-state index in [4.69, 9.17) is 0 Å². The maximum atomic E-state index is 9.23. The molecule has 0 aliphatic carbocycles. The van der Waals surface area contributed by atoms with Gasteiger partial charge in [0.2, 0.25) is 0 Å². The topological polar surface area (TPSA) is 60.7 Å². The van der Waals surface area contributed by atoms with Crippen LogP contribution in [-0.2, 0) is 0 Å². The van der Waals surface area contributed by atoms with Crippen molar-refractivity contribution in [2.24, 2.45) is 0 Å². The second kappa shape index (κ2) is 4.39. The fourth-order valence-electron chi connectivity index (χ4n) is 1.63. The highest BCUT2D eigenvalue weighted by molar-refractivity contribution is 6.60. The van der Waals surface area contributed by atoms with Crippen LogP contribution in [0.3, 0.4) is 0 Å². The van der Waals surface area contributed by atoms with Crippen LogP contribution in [0, 0.1) is 0 Å². The average molecular weight is 214 g/mol. The average Bonchev–Trinajstić information content (AvgIpc) is 2.30. The highest BCUT2D eigenvalue weighted by Gasteiger charge is 2.15. The smallest absolute Gasteiger partial charge is 0.489 e. The van der Waals surface area contributed by atoms with Crippen LogP contribution in [0.15, 0.2) is 48.5 Å². The van der Waals surface area contributed by atoms with Crippen LogP contribution in [0.25, 0.3) is 11.1 Å². The minimum Gasteiger partial charge on any atom is -0.508 e. The van der Waals surface area contributed by atoms with Crippen molar-refractivity contribution in [2.45, 2.75) is 0 Å². The summed E-state index contributed by atoms with van der Waals surface area (Å²) in [6, 6.07) is 13.6. The predicted octanol–water partition coefficient (Wildman–Crippen LogP) is 0.739. The Kier molecular flexibility index (Phi) is 2.94. The first-order chi connectivity index (χ1) is 7.68. The van der Waals surface area contributed by atoms with Gasteiger partial charge in [0.15, 0.2) is 0 Å². The van der Waals surface area contributed by atoms with Gasteiger partial charge in [-0.15, -0.1) is 0 Å². The summed E-state index contributed by atoms with van der Waals surface area (Å²) in [7, 11) is -1.50. The molecule has 0 aliphatic heterocycles. The molecule has 2 rings (SSSR count). The molecule has 2 aromatic rings. The van der Waals surface area contributed by atoms with E-state index in [0.717, 1.165) is 11.1 Å². The van der Waals surface area contributed by atoms with Gasteiger partial charge in [-0.1, -0.05) is 36.4 Å². The summed E-state index contributed by atoms with van der Waals surface area (Å²) in [4.78, 5) is 0. The maximum Gasteiger partial charge on any atom is 0.489 e. The Hall–Kier alpha value is -1.78. The Morgan fingerprint density at radius 1 is 0.812 bits per heavy atom. The SMILES string of the molecule is OB(O)c1ccccc1-c1ccc(O)cc1. The minimum atomic E-state index is -1.50. The third-order valence-corrected chi connectivity index (χ3v) is 2.42. The first-order valence-electron chi connectivity index (χ1n) is 4.93. The highest BCUT2D eigenvalue weighted by atomic mass is 16.4. The Balaban J connectivity index is 2.51.